The number of amides is 8. The smallest absolute Gasteiger partial charge is 0.251 e. The van der Waals surface area contributed by atoms with Crippen LogP contribution in [-0.4, -0.2) is 139 Å². The molecule has 70 heavy (non-hydrogen) atoms. The summed E-state index contributed by atoms with van der Waals surface area (Å²) in [5.41, 5.74) is 1.79. The summed E-state index contributed by atoms with van der Waals surface area (Å²) in [6.07, 6.45) is 3.71. The minimum atomic E-state index is -0.990. The van der Waals surface area contributed by atoms with Crippen molar-refractivity contribution in [1.82, 2.24) is 52.3 Å². The van der Waals surface area contributed by atoms with Crippen molar-refractivity contribution >= 4 is 47.3 Å². The summed E-state index contributed by atoms with van der Waals surface area (Å²) < 4.78 is 0. The van der Waals surface area contributed by atoms with E-state index in [4.69, 9.17) is 0 Å². The van der Waals surface area contributed by atoms with Crippen LogP contribution in [0.1, 0.15) is 139 Å². The van der Waals surface area contributed by atoms with Crippen LogP contribution in [0.15, 0.2) is 48.5 Å². The van der Waals surface area contributed by atoms with Crippen LogP contribution in [0.2, 0.25) is 0 Å². The number of carbonyl (C=O) groups is 8. The average Bonchev–Trinajstić information content (AvgIpc) is 3.96. The summed E-state index contributed by atoms with van der Waals surface area (Å²) in [7, 11) is 3.30. The third kappa shape index (κ3) is 13.7. The van der Waals surface area contributed by atoms with Gasteiger partial charge in [-0.3, -0.25) is 38.4 Å². The number of carbonyl (C=O) groups excluding carboxylic acids is 8. The zero-order valence-electron chi connectivity index (χ0n) is 43.0. The van der Waals surface area contributed by atoms with Crippen molar-refractivity contribution in [3.63, 3.8) is 0 Å². The van der Waals surface area contributed by atoms with Gasteiger partial charge in [0.15, 0.2) is 0 Å². The Bertz CT molecular complexity index is 2230. The van der Waals surface area contributed by atoms with Crippen molar-refractivity contribution in [3.05, 3.63) is 70.8 Å². The molecular formula is C52H78N10O8. The van der Waals surface area contributed by atoms with Gasteiger partial charge in [-0.25, -0.2) is 0 Å². The third-order valence-electron chi connectivity index (χ3n) is 14.1. The Kier molecular flexibility index (Phi) is 19.1. The summed E-state index contributed by atoms with van der Waals surface area (Å²) in [6, 6.07) is 7.51. The highest BCUT2D eigenvalue weighted by Crippen LogP contribution is 2.32. The SMILES string of the molecule is CCC[C@H](NC(=O)[C@H](C)NC)C(=O)N1C[C@@H](NC(=O)c2cccc(C(=O)N[C@H]3C[C@@H](C(=O)N[C@@H]4CCCc5ccccc54)N(C(=O)[C@@H](NC(=O)[C@H](C)NC)C(C)(C)C)C3)c2)C[C@H]1C(=O)N[C@H](C)C(C)C. The summed E-state index contributed by atoms with van der Waals surface area (Å²) in [4.78, 5) is 114. The molecule has 18 heteroatoms. The zero-order valence-corrected chi connectivity index (χ0v) is 43.0. The Hall–Kier alpha value is -5.88. The maximum Gasteiger partial charge on any atom is 0.251 e. The lowest BCUT2D eigenvalue weighted by molar-refractivity contribution is -0.144. The van der Waals surface area contributed by atoms with Gasteiger partial charge in [-0.15, -0.1) is 0 Å². The zero-order chi connectivity index (χ0) is 51.6. The van der Waals surface area contributed by atoms with Gasteiger partial charge < -0.3 is 52.3 Å². The number of aryl methyl sites for hydroxylation is 1. The maximum atomic E-state index is 14.6. The standard InChI is InChI=1S/C52H78N10O8/c1-12-17-40(59-44(63)31(5)53-10)50(69)61-27-36(25-41(61)48(67)55-30(4)29(2)3)56-46(65)34-20-15-21-35(24-34)47(66)57-37-26-42(49(68)58-39-23-16-19-33-18-13-14-22-38(33)39)62(28-37)51(70)43(52(7,8)9)60-45(64)32(6)54-11/h13-15,18,20-22,24,29-32,36-37,39-43,53-54H,12,16-17,19,23,25-28H2,1-11H3,(H,55,67)(H,56,65)(H,57,66)(H,58,68)(H,59,63)(H,60,64)/t30-,31+,32+,36+,37+,39-,40+,41+,42+,43-/m1/s1. The molecule has 0 bridgehead atoms. The molecule has 10 atom stereocenters. The Morgan fingerprint density at radius 1 is 0.671 bits per heavy atom. The van der Waals surface area contributed by atoms with Gasteiger partial charge in [0.25, 0.3) is 11.8 Å². The first-order chi connectivity index (χ1) is 33.1. The number of hydrogen-bond acceptors (Lipinski definition) is 10. The third-order valence-corrected chi connectivity index (χ3v) is 14.1. The van der Waals surface area contributed by atoms with Crippen molar-refractivity contribution in [2.24, 2.45) is 11.3 Å². The van der Waals surface area contributed by atoms with Crippen LogP contribution in [-0.2, 0) is 35.2 Å². The van der Waals surface area contributed by atoms with Gasteiger partial charge in [0.1, 0.15) is 24.2 Å². The number of fused-ring (bicyclic) bond motifs is 1. The topological polar surface area (TPSA) is 239 Å². The monoisotopic (exact) mass is 971 g/mol. The molecule has 2 aromatic carbocycles. The van der Waals surface area contributed by atoms with Crippen molar-refractivity contribution in [2.75, 3.05) is 27.2 Å². The van der Waals surface area contributed by atoms with Crippen molar-refractivity contribution in [2.45, 2.75) is 168 Å². The van der Waals surface area contributed by atoms with Gasteiger partial charge >= 0.3 is 0 Å². The van der Waals surface area contributed by atoms with Crippen LogP contribution >= 0.6 is 0 Å². The lowest BCUT2D eigenvalue weighted by Gasteiger charge is -2.36. The van der Waals surface area contributed by atoms with Gasteiger partial charge in [-0.2, -0.15) is 0 Å². The van der Waals surface area contributed by atoms with E-state index in [9.17, 15) is 38.4 Å². The number of hydrogen-bond donors (Lipinski definition) is 8. The predicted octanol–water partition coefficient (Wildman–Crippen LogP) is 2.47. The Morgan fingerprint density at radius 2 is 1.21 bits per heavy atom. The average molecular weight is 971 g/mol. The van der Waals surface area contributed by atoms with Crippen LogP contribution in [0.3, 0.4) is 0 Å². The Morgan fingerprint density at radius 3 is 1.76 bits per heavy atom. The molecule has 0 saturated carbocycles. The van der Waals surface area contributed by atoms with Gasteiger partial charge in [-0.1, -0.05) is 78.3 Å². The fraction of sp³-hybridized carbons (Fsp3) is 0.615. The van der Waals surface area contributed by atoms with Crippen LogP contribution in [0.4, 0.5) is 0 Å². The molecule has 5 rings (SSSR count). The molecule has 2 aliphatic heterocycles. The van der Waals surface area contributed by atoms with E-state index < -0.39 is 77.4 Å². The Balaban J connectivity index is 1.34. The summed E-state index contributed by atoms with van der Waals surface area (Å²) >= 11 is 0. The van der Waals surface area contributed by atoms with E-state index in [1.807, 2.05) is 66.7 Å². The van der Waals surface area contributed by atoms with E-state index in [-0.39, 0.29) is 78.7 Å². The first kappa shape index (κ1) is 55.1. The molecule has 2 fully saturated rings. The molecule has 3 aliphatic rings. The lowest BCUT2D eigenvalue weighted by Crippen LogP contribution is -2.59. The second-order valence-corrected chi connectivity index (χ2v) is 20.8. The maximum absolute atomic E-state index is 14.6. The van der Waals surface area contributed by atoms with Gasteiger partial charge in [0.2, 0.25) is 35.4 Å². The highest BCUT2D eigenvalue weighted by Gasteiger charge is 2.47. The molecule has 2 aromatic rings. The number of nitrogens with zero attached hydrogens (tertiary/aromatic N) is 2. The first-order valence-electron chi connectivity index (χ1n) is 25.0. The van der Waals surface area contributed by atoms with E-state index in [0.29, 0.717) is 12.8 Å². The summed E-state index contributed by atoms with van der Waals surface area (Å²) in [5.74, 6) is -3.22. The van der Waals surface area contributed by atoms with E-state index in [0.717, 1.165) is 30.4 Å². The second kappa shape index (κ2) is 24.3. The number of benzene rings is 2. The highest BCUT2D eigenvalue weighted by molar-refractivity contribution is 6.01. The largest absolute Gasteiger partial charge is 0.352 e. The van der Waals surface area contributed by atoms with Crippen LogP contribution in [0.5, 0.6) is 0 Å². The molecule has 0 radical (unpaired) electrons. The van der Waals surface area contributed by atoms with E-state index in [1.165, 1.54) is 15.9 Å². The molecule has 18 nitrogen and oxygen atoms in total. The molecule has 0 aromatic heterocycles. The molecule has 1 aliphatic carbocycles. The number of likely N-dealkylation sites (N-methyl/N-ethyl adjacent to an activating group) is 2. The van der Waals surface area contributed by atoms with Crippen molar-refractivity contribution < 1.29 is 38.4 Å². The van der Waals surface area contributed by atoms with Crippen molar-refractivity contribution in [1.29, 1.82) is 0 Å². The molecule has 8 N–H and O–H groups in total. The lowest BCUT2D eigenvalue weighted by atomic mass is 9.85. The molecule has 0 unspecified atom stereocenters. The first-order valence-corrected chi connectivity index (χ1v) is 25.0. The highest BCUT2D eigenvalue weighted by atomic mass is 16.2. The number of rotatable bonds is 19. The van der Waals surface area contributed by atoms with Gasteiger partial charge in [0.05, 0.1) is 18.1 Å². The van der Waals surface area contributed by atoms with E-state index >= 15 is 0 Å². The van der Waals surface area contributed by atoms with Crippen LogP contribution in [0.25, 0.3) is 0 Å². The minimum absolute atomic E-state index is 0.00692. The van der Waals surface area contributed by atoms with Crippen LogP contribution < -0.4 is 42.5 Å². The second-order valence-electron chi connectivity index (χ2n) is 20.8. The number of nitrogens with one attached hydrogen (secondary N) is 8. The Labute approximate surface area is 413 Å². The molecule has 0 spiro atoms. The predicted molar refractivity (Wildman–Crippen MR) is 267 cm³/mol. The number of likely N-dealkylation sites (tertiary alicyclic amines) is 2. The normalized spacial score (nSPS) is 22.1. The van der Waals surface area contributed by atoms with Gasteiger partial charge in [-0.05, 0) is 114 Å². The van der Waals surface area contributed by atoms with E-state index in [2.05, 4.69) is 48.6 Å². The summed E-state index contributed by atoms with van der Waals surface area (Å²) in [5, 5.41) is 23.7. The quantitative estimate of drug-likeness (QED) is 0.102. The molecular weight excluding hydrogens is 893 g/mol. The van der Waals surface area contributed by atoms with E-state index in [1.54, 1.807) is 46.1 Å². The minimum Gasteiger partial charge on any atom is -0.352 e. The summed E-state index contributed by atoms with van der Waals surface area (Å²) in [6.45, 7) is 16.7. The fourth-order valence-corrected chi connectivity index (χ4v) is 9.25. The molecule has 2 heterocycles. The molecule has 8 amide bonds. The van der Waals surface area contributed by atoms with Crippen molar-refractivity contribution in [3.8, 4) is 0 Å². The molecule has 384 valence electrons. The van der Waals surface area contributed by atoms with Crippen LogP contribution in [0, 0.1) is 11.3 Å². The van der Waals surface area contributed by atoms with Gasteiger partial charge in [0, 0.05) is 42.3 Å². The fourth-order valence-electron chi connectivity index (χ4n) is 9.25. The molecule has 2 saturated heterocycles.